The molecular weight excluding hydrogens is 244 g/mol. The molecule has 0 fully saturated rings. The predicted octanol–water partition coefficient (Wildman–Crippen LogP) is 5.22. The van der Waals surface area contributed by atoms with Gasteiger partial charge in [0.15, 0.2) is 0 Å². The molecule has 104 valence electrons. The zero-order valence-corrected chi connectivity index (χ0v) is 12.2. The molecule has 2 aromatic carbocycles. The standard InChI is InChI=1S/C19H22O/c1-2-3-4-7-12-20-17-11-10-16-13-15-8-5-6-9-18(15)19(16)14-17/h5-6,8-11,14H,2-4,7,12-13H2,1H3. The van der Waals surface area contributed by atoms with E-state index in [1.54, 1.807) is 0 Å². The molecule has 1 aliphatic rings. The van der Waals surface area contributed by atoms with Crippen molar-refractivity contribution >= 4 is 0 Å². The number of hydrogen-bond acceptors (Lipinski definition) is 1. The average Bonchev–Trinajstić information content (AvgIpc) is 2.85. The normalized spacial score (nSPS) is 12.1. The molecule has 0 heterocycles. The van der Waals surface area contributed by atoms with Crippen molar-refractivity contribution < 1.29 is 4.74 Å². The zero-order valence-electron chi connectivity index (χ0n) is 12.2. The Morgan fingerprint density at radius 1 is 0.900 bits per heavy atom. The Hall–Kier alpha value is -1.76. The van der Waals surface area contributed by atoms with Gasteiger partial charge in [-0.15, -0.1) is 0 Å². The fraction of sp³-hybridized carbons (Fsp3) is 0.368. The van der Waals surface area contributed by atoms with Crippen LogP contribution in [-0.4, -0.2) is 6.61 Å². The first kappa shape index (κ1) is 13.2. The van der Waals surface area contributed by atoms with E-state index in [9.17, 15) is 0 Å². The van der Waals surface area contributed by atoms with Crippen molar-refractivity contribution in [3.63, 3.8) is 0 Å². The minimum Gasteiger partial charge on any atom is -0.494 e. The summed E-state index contributed by atoms with van der Waals surface area (Å²) < 4.78 is 5.89. The van der Waals surface area contributed by atoms with E-state index < -0.39 is 0 Å². The molecule has 0 radical (unpaired) electrons. The number of hydrogen-bond donors (Lipinski definition) is 0. The molecule has 20 heavy (non-hydrogen) atoms. The number of rotatable bonds is 6. The van der Waals surface area contributed by atoms with Gasteiger partial charge in [0.05, 0.1) is 6.61 Å². The average molecular weight is 266 g/mol. The molecule has 2 aromatic rings. The van der Waals surface area contributed by atoms with Crippen LogP contribution in [0.2, 0.25) is 0 Å². The van der Waals surface area contributed by atoms with Gasteiger partial charge < -0.3 is 4.74 Å². The summed E-state index contributed by atoms with van der Waals surface area (Å²) >= 11 is 0. The smallest absolute Gasteiger partial charge is 0.119 e. The van der Waals surface area contributed by atoms with Crippen molar-refractivity contribution in [2.24, 2.45) is 0 Å². The van der Waals surface area contributed by atoms with Crippen LogP contribution in [0.4, 0.5) is 0 Å². The third-order valence-electron chi connectivity index (χ3n) is 4.04. The van der Waals surface area contributed by atoms with Gasteiger partial charge in [0.2, 0.25) is 0 Å². The Morgan fingerprint density at radius 3 is 2.65 bits per heavy atom. The van der Waals surface area contributed by atoms with Gasteiger partial charge in [0.1, 0.15) is 5.75 Å². The first-order valence-electron chi connectivity index (χ1n) is 7.72. The molecule has 0 saturated carbocycles. The maximum Gasteiger partial charge on any atom is 0.119 e. The molecule has 0 saturated heterocycles. The second-order valence-electron chi connectivity index (χ2n) is 5.56. The molecule has 0 aliphatic heterocycles. The molecule has 0 spiro atoms. The van der Waals surface area contributed by atoms with E-state index >= 15 is 0 Å². The fourth-order valence-corrected chi connectivity index (χ4v) is 2.91. The van der Waals surface area contributed by atoms with Crippen molar-refractivity contribution in [2.45, 2.75) is 39.0 Å². The van der Waals surface area contributed by atoms with E-state index in [1.807, 2.05) is 0 Å². The summed E-state index contributed by atoms with van der Waals surface area (Å²) in [5.41, 5.74) is 5.58. The highest BCUT2D eigenvalue weighted by Gasteiger charge is 2.17. The van der Waals surface area contributed by atoms with Crippen LogP contribution < -0.4 is 4.74 Å². The van der Waals surface area contributed by atoms with Crippen LogP contribution in [0.25, 0.3) is 11.1 Å². The summed E-state index contributed by atoms with van der Waals surface area (Å²) in [6, 6.07) is 15.2. The van der Waals surface area contributed by atoms with Crippen LogP contribution >= 0.6 is 0 Å². The summed E-state index contributed by atoms with van der Waals surface area (Å²) in [6.45, 7) is 3.07. The monoisotopic (exact) mass is 266 g/mol. The van der Waals surface area contributed by atoms with E-state index in [0.717, 1.165) is 25.2 Å². The van der Waals surface area contributed by atoms with E-state index in [-0.39, 0.29) is 0 Å². The summed E-state index contributed by atoms with van der Waals surface area (Å²) in [5.74, 6) is 1.01. The molecule has 0 aromatic heterocycles. The molecule has 0 amide bonds. The highest BCUT2D eigenvalue weighted by Crippen LogP contribution is 2.38. The fourth-order valence-electron chi connectivity index (χ4n) is 2.91. The highest BCUT2D eigenvalue weighted by atomic mass is 16.5. The Balaban J connectivity index is 1.68. The SMILES string of the molecule is CCCCCCOc1ccc2c(c1)-c1ccccc1C2. The van der Waals surface area contributed by atoms with Crippen molar-refractivity contribution in [1.29, 1.82) is 0 Å². The third kappa shape index (κ3) is 2.72. The second-order valence-corrected chi connectivity index (χ2v) is 5.56. The van der Waals surface area contributed by atoms with Crippen LogP contribution in [0.15, 0.2) is 42.5 Å². The van der Waals surface area contributed by atoms with Gasteiger partial charge in [-0.1, -0.05) is 56.5 Å². The van der Waals surface area contributed by atoms with Crippen molar-refractivity contribution in [2.75, 3.05) is 6.61 Å². The number of ether oxygens (including phenoxy) is 1. The van der Waals surface area contributed by atoms with Crippen LogP contribution in [-0.2, 0) is 6.42 Å². The molecule has 0 unspecified atom stereocenters. The van der Waals surface area contributed by atoms with Crippen LogP contribution in [0.5, 0.6) is 5.75 Å². The summed E-state index contributed by atoms with van der Waals surface area (Å²) in [4.78, 5) is 0. The Kier molecular flexibility index (Phi) is 4.05. The summed E-state index contributed by atoms with van der Waals surface area (Å²) in [7, 11) is 0. The molecule has 1 aliphatic carbocycles. The van der Waals surface area contributed by atoms with Crippen LogP contribution in [0, 0.1) is 0 Å². The molecule has 0 N–H and O–H groups in total. The van der Waals surface area contributed by atoms with Crippen molar-refractivity contribution in [3.05, 3.63) is 53.6 Å². The Labute approximate surface area is 121 Å². The molecule has 1 heteroatoms. The number of benzene rings is 2. The lowest BCUT2D eigenvalue weighted by Crippen LogP contribution is -1.97. The maximum absolute atomic E-state index is 5.89. The van der Waals surface area contributed by atoms with Gasteiger partial charge in [-0.25, -0.2) is 0 Å². The Bertz CT molecular complexity index is 586. The van der Waals surface area contributed by atoms with Crippen LogP contribution in [0.3, 0.4) is 0 Å². The minimum atomic E-state index is 0.834. The van der Waals surface area contributed by atoms with Gasteiger partial charge in [-0.3, -0.25) is 0 Å². The third-order valence-corrected chi connectivity index (χ3v) is 4.04. The quantitative estimate of drug-likeness (QED) is 0.556. The van der Waals surface area contributed by atoms with Crippen LogP contribution in [0.1, 0.15) is 43.7 Å². The molecule has 3 rings (SSSR count). The summed E-state index contributed by atoms with van der Waals surface area (Å²) in [6.07, 6.45) is 6.06. The lowest BCUT2D eigenvalue weighted by atomic mass is 10.1. The van der Waals surface area contributed by atoms with Crippen molar-refractivity contribution in [3.8, 4) is 16.9 Å². The summed E-state index contributed by atoms with van der Waals surface area (Å²) in [5, 5.41) is 0. The van der Waals surface area contributed by atoms with Gasteiger partial charge >= 0.3 is 0 Å². The topological polar surface area (TPSA) is 9.23 Å². The van der Waals surface area contributed by atoms with Gasteiger partial charge in [-0.2, -0.15) is 0 Å². The molecule has 0 bridgehead atoms. The molecule has 0 atom stereocenters. The minimum absolute atomic E-state index is 0.834. The maximum atomic E-state index is 5.89. The molecule has 1 nitrogen and oxygen atoms in total. The lowest BCUT2D eigenvalue weighted by molar-refractivity contribution is 0.305. The van der Waals surface area contributed by atoms with E-state index in [4.69, 9.17) is 4.74 Å². The Morgan fingerprint density at radius 2 is 1.75 bits per heavy atom. The largest absolute Gasteiger partial charge is 0.494 e. The number of unbranched alkanes of at least 4 members (excludes halogenated alkanes) is 3. The van der Waals surface area contributed by atoms with E-state index in [2.05, 4.69) is 49.4 Å². The number of fused-ring (bicyclic) bond motifs is 3. The highest BCUT2D eigenvalue weighted by molar-refractivity contribution is 5.77. The van der Waals surface area contributed by atoms with Gasteiger partial charge in [0.25, 0.3) is 0 Å². The first-order valence-corrected chi connectivity index (χ1v) is 7.72. The predicted molar refractivity (Wildman–Crippen MR) is 84.3 cm³/mol. The molecular formula is C19H22O. The van der Waals surface area contributed by atoms with E-state index in [1.165, 1.54) is 41.5 Å². The van der Waals surface area contributed by atoms with Gasteiger partial charge in [0, 0.05) is 0 Å². The first-order chi connectivity index (χ1) is 9.88. The van der Waals surface area contributed by atoms with Crippen molar-refractivity contribution in [1.82, 2.24) is 0 Å². The zero-order chi connectivity index (χ0) is 13.8. The second kappa shape index (κ2) is 6.13. The van der Waals surface area contributed by atoms with Gasteiger partial charge in [-0.05, 0) is 47.2 Å². The lowest BCUT2D eigenvalue weighted by Gasteiger charge is -2.08. The van der Waals surface area contributed by atoms with E-state index in [0.29, 0.717) is 0 Å².